The zero-order valence-corrected chi connectivity index (χ0v) is 17.3. The highest BCUT2D eigenvalue weighted by Gasteiger charge is 2.34. The molecule has 0 radical (unpaired) electrons. The summed E-state index contributed by atoms with van der Waals surface area (Å²) < 4.78 is 39.5. The molecule has 4 rings (SSSR count). The summed E-state index contributed by atoms with van der Waals surface area (Å²) in [5, 5.41) is 11.6. The number of halogens is 3. The topological polar surface area (TPSA) is 81.7 Å². The molecule has 0 bridgehead atoms. The van der Waals surface area contributed by atoms with Gasteiger partial charge in [0.15, 0.2) is 0 Å². The molecule has 0 fully saturated rings. The molecule has 1 unspecified atom stereocenters. The number of rotatable bonds is 5. The maximum atomic E-state index is 13.2. The van der Waals surface area contributed by atoms with Gasteiger partial charge < -0.3 is 10.2 Å². The molecule has 2 amide bonds. The first kappa shape index (κ1) is 22.3. The molecule has 0 aliphatic carbocycles. The van der Waals surface area contributed by atoms with E-state index in [9.17, 15) is 22.8 Å². The third-order valence-electron chi connectivity index (χ3n) is 5.50. The van der Waals surface area contributed by atoms with Gasteiger partial charge >= 0.3 is 6.18 Å². The molecule has 33 heavy (non-hydrogen) atoms. The summed E-state index contributed by atoms with van der Waals surface area (Å²) >= 11 is 0. The molecule has 1 aliphatic rings. The van der Waals surface area contributed by atoms with Crippen molar-refractivity contribution in [3.8, 4) is 0 Å². The smallest absolute Gasteiger partial charge is 0.353 e. The first-order chi connectivity index (χ1) is 15.8. The standard InChI is InChI=1S/C24H20F3N3O3/c25-24(26,27)18-5-3-4-16(12-18)13-21-23(32)28-19-6-1-2-7-20(19)30(21)14-15-8-10-17(11-9-15)22(31)29-33/h1-12,21,33H,13-14H2,(H,28,32)(H,29,31). The largest absolute Gasteiger partial charge is 0.416 e. The third-order valence-corrected chi connectivity index (χ3v) is 5.50. The summed E-state index contributed by atoms with van der Waals surface area (Å²) in [7, 11) is 0. The molecule has 1 atom stereocenters. The lowest BCUT2D eigenvalue weighted by Gasteiger charge is -2.38. The monoisotopic (exact) mass is 455 g/mol. The second kappa shape index (κ2) is 8.95. The Labute approximate surface area is 187 Å². The molecule has 0 spiro atoms. The van der Waals surface area contributed by atoms with Crippen LogP contribution in [-0.4, -0.2) is 23.1 Å². The summed E-state index contributed by atoms with van der Waals surface area (Å²) in [4.78, 5) is 26.4. The average molecular weight is 455 g/mol. The number of hydroxylamine groups is 1. The van der Waals surface area contributed by atoms with Crippen LogP contribution in [0.3, 0.4) is 0 Å². The molecule has 3 N–H and O–H groups in total. The van der Waals surface area contributed by atoms with E-state index in [4.69, 9.17) is 5.21 Å². The van der Waals surface area contributed by atoms with Crippen LogP contribution in [0.5, 0.6) is 0 Å². The highest BCUT2D eigenvalue weighted by atomic mass is 19.4. The van der Waals surface area contributed by atoms with Crippen LogP contribution in [0.1, 0.15) is 27.0 Å². The van der Waals surface area contributed by atoms with Gasteiger partial charge in [-0.3, -0.25) is 14.8 Å². The van der Waals surface area contributed by atoms with Gasteiger partial charge in [-0.2, -0.15) is 13.2 Å². The van der Waals surface area contributed by atoms with Crippen molar-refractivity contribution in [3.63, 3.8) is 0 Å². The second-order valence-corrected chi connectivity index (χ2v) is 7.69. The average Bonchev–Trinajstić information content (AvgIpc) is 2.81. The molecule has 9 heteroatoms. The fraction of sp³-hybridized carbons (Fsp3) is 0.167. The van der Waals surface area contributed by atoms with E-state index in [0.29, 0.717) is 11.3 Å². The Kier molecular flexibility index (Phi) is 6.06. The van der Waals surface area contributed by atoms with Crippen LogP contribution in [0.2, 0.25) is 0 Å². The first-order valence-corrected chi connectivity index (χ1v) is 10.1. The van der Waals surface area contributed by atoms with Crippen molar-refractivity contribution in [1.29, 1.82) is 0 Å². The normalized spacial score (nSPS) is 15.6. The highest BCUT2D eigenvalue weighted by Crippen LogP contribution is 2.35. The van der Waals surface area contributed by atoms with Gasteiger partial charge in [0.1, 0.15) is 6.04 Å². The number of carbonyl (C=O) groups excluding carboxylic acids is 2. The molecule has 0 saturated carbocycles. The third kappa shape index (κ3) is 4.83. The second-order valence-electron chi connectivity index (χ2n) is 7.69. The molecule has 3 aromatic carbocycles. The number of carbonyl (C=O) groups is 2. The van der Waals surface area contributed by atoms with E-state index in [1.54, 1.807) is 47.9 Å². The van der Waals surface area contributed by atoms with E-state index in [0.717, 1.165) is 23.4 Å². The minimum atomic E-state index is -4.47. The van der Waals surface area contributed by atoms with Gasteiger partial charge in [0.05, 0.1) is 16.9 Å². The maximum absolute atomic E-state index is 13.2. The van der Waals surface area contributed by atoms with Crippen molar-refractivity contribution < 1.29 is 28.0 Å². The van der Waals surface area contributed by atoms with Crippen molar-refractivity contribution in [2.45, 2.75) is 25.2 Å². The van der Waals surface area contributed by atoms with Crippen molar-refractivity contribution in [2.24, 2.45) is 0 Å². The van der Waals surface area contributed by atoms with Crippen molar-refractivity contribution in [2.75, 3.05) is 10.2 Å². The van der Waals surface area contributed by atoms with Gasteiger partial charge in [-0.1, -0.05) is 42.5 Å². The molecule has 170 valence electrons. The van der Waals surface area contributed by atoms with Crippen LogP contribution in [0, 0.1) is 0 Å². The number of para-hydroxylation sites is 2. The van der Waals surface area contributed by atoms with Crippen LogP contribution in [0.25, 0.3) is 0 Å². The Morgan fingerprint density at radius 3 is 2.42 bits per heavy atom. The number of hydrogen-bond donors (Lipinski definition) is 3. The van der Waals surface area contributed by atoms with E-state index in [1.165, 1.54) is 6.07 Å². The number of alkyl halides is 3. The Balaban J connectivity index is 1.66. The van der Waals surface area contributed by atoms with Gasteiger partial charge in [-0.05, 0) is 41.5 Å². The molecule has 1 aliphatic heterocycles. The predicted molar refractivity (Wildman–Crippen MR) is 116 cm³/mol. The van der Waals surface area contributed by atoms with E-state index in [-0.39, 0.29) is 24.4 Å². The lowest BCUT2D eigenvalue weighted by Crippen LogP contribution is -2.49. The van der Waals surface area contributed by atoms with Gasteiger partial charge in [-0.15, -0.1) is 0 Å². The van der Waals surface area contributed by atoms with E-state index in [1.807, 2.05) is 17.0 Å². The SMILES string of the molecule is O=C(NO)c1ccc(CN2c3ccccc3NC(=O)C2Cc2cccc(C(F)(F)F)c2)cc1. The van der Waals surface area contributed by atoms with E-state index in [2.05, 4.69) is 5.32 Å². The Morgan fingerprint density at radius 1 is 1.00 bits per heavy atom. The summed E-state index contributed by atoms with van der Waals surface area (Å²) in [6.07, 6.45) is -4.39. The number of fused-ring (bicyclic) bond motifs is 1. The predicted octanol–water partition coefficient (Wildman–Crippen LogP) is 4.39. The van der Waals surface area contributed by atoms with Crippen LogP contribution in [0.15, 0.2) is 72.8 Å². The lowest BCUT2D eigenvalue weighted by molar-refractivity contribution is -0.137. The minimum absolute atomic E-state index is 0.0785. The highest BCUT2D eigenvalue weighted by molar-refractivity contribution is 6.03. The van der Waals surface area contributed by atoms with Crippen molar-refractivity contribution in [3.05, 3.63) is 95.1 Å². The Hall–Kier alpha value is -3.85. The van der Waals surface area contributed by atoms with Crippen LogP contribution < -0.4 is 15.7 Å². The van der Waals surface area contributed by atoms with Gasteiger partial charge in [0, 0.05) is 18.5 Å². The summed E-state index contributed by atoms with van der Waals surface area (Å²) in [5.41, 5.74) is 3.59. The number of anilines is 2. The minimum Gasteiger partial charge on any atom is -0.353 e. The summed E-state index contributed by atoms with van der Waals surface area (Å²) in [5.74, 6) is -0.964. The number of benzene rings is 3. The van der Waals surface area contributed by atoms with E-state index >= 15 is 0 Å². The quantitative estimate of drug-likeness (QED) is 0.394. The maximum Gasteiger partial charge on any atom is 0.416 e. The molecule has 6 nitrogen and oxygen atoms in total. The molecule has 3 aromatic rings. The Bertz CT molecular complexity index is 1180. The fourth-order valence-corrected chi connectivity index (χ4v) is 3.87. The van der Waals surface area contributed by atoms with Crippen LogP contribution in [0.4, 0.5) is 24.5 Å². The molecule has 0 saturated heterocycles. The summed E-state index contributed by atoms with van der Waals surface area (Å²) in [6.45, 7) is 0.287. The molecular formula is C24H20F3N3O3. The van der Waals surface area contributed by atoms with Gasteiger partial charge in [-0.25, -0.2) is 5.48 Å². The first-order valence-electron chi connectivity index (χ1n) is 10.1. The van der Waals surface area contributed by atoms with Gasteiger partial charge in [0.25, 0.3) is 5.91 Å². The zero-order valence-electron chi connectivity index (χ0n) is 17.3. The fourth-order valence-electron chi connectivity index (χ4n) is 3.87. The number of amides is 2. The molecule has 0 aromatic heterocycles. The number of nitrogens with one attached hydrogen (secondary N) is 2. The molecular weight excluding hydrogens is 435 g/mol. The lowest BCUT2D eigenvalue weighted by atomic mass is 9.97. The summed E-state index contributed by atoms with van der Waals surface area (Å²) in [6, 6.07) is 17.9. The van der Waals surface area contributed by atoms with Crippen LogP contribution in [-0.2, 0) is 23.9 Å². The van der Waals surface area contributed by atoms with Crippen molar-refractivity contribution >= 4 is 23.2 Å². The number of hydrogen-bond acceptors (Lipinski definition) is 4. The van der Waals surface area contributed by atoms with E-state index < -0.39 is 23.7 Å². The Morgan fingerprint density at radius 2 is 1.73 bits per heavy atom. The zero-order chi connectivity index (χ0) is 23.6. The van der Waals surface area contributed by atoms with Crippen LogP contribution >= 0.6 is 0 Å². The molecule has 1 heterocycles. The van der Waals surface area contributed by atoms with Crippen molar-refractivity contribution in [1.82, 2.24) is 5.48 Å². The number of nitrogens with zero attached hydrogens (tertiary/aromatic N) is 1. The van der Waals surface area contributed by atoms with Gasteiger partial charge in [0.2, 0.25) is 5.91 Å².